The highest BCUT2D eigenvalue weighted by Crippen LogP contribution is 2.33. The average Bonchev–Trinajstić information content (AvgIpc) is 2.39. The molecule has 2 aliphatic heterocycles. The molecular weight excluding hydrogens is 154 g/mol. The van der Waals surface area contributed by atoms with Crippen LogP contribution in [-0.2, 0) is 4.79 Å². The highest BCUT2D eigenvalue weighted by atomic mass is 16.4. The largest absolute Gasteiger partial charge is 0.481 e. The van der Waals surface area contributed by atoms with Gasteiger partial charge in [-0.3, -0.25) is 4.79 Å². The Bertz CT molecular complexity index is 193. The van der Waals surface area contributed by atoms with Gasteiger partial charge in [-0.25, -0.2) is 0 Å². The van der Waals surface area contributed by atoms with Crippen LogP contribution in [0, 0.1) is 11.8 Å². The molecule has 2 bridgehead atoms. The number of hydrogen-bond donors (Lipinski definition) is 1. The third kappa shape index (κ3) is 1.46. The van der Waals surface area contributed by atoms with E-state index in [1.54, 1.807) is 0 Å². The van der Waals surface area contributed by atoms with Crippen LogP contribution in [0.2, 0.25) is 0 Å². The number of hydrogen-bond acceptors (Lipinski definition) is 2. The minimum atomic E-state index is -0.625. The number of aliphatic carboxylic acids is 1. The highest BCUT2D eigenvalue weighted by Gasteiger charge is 2.34. The maximum Gasteiger partial charge on any atom is 0.303 e. The fraction of sp³-hybridized carbons (Fsp3) is 0.889. The summed E-state index contributed by atoms with van der Waals surface area (Å²) in [5.74, 6) is 0.511. The summed E-state index contributed by atoms with van der Waals surface area (Å²) in [6.45, 7) is 3.47. The summed E-state index contributed by atoms with van der Waals surface area (Å²) in [6.07, 6.45) is 2.70. The van der Waals surface area contributed by atoms with Crippen LogP contribution in [0.4, 0.5) is 0 Å². The summed E-state index contributed by atoms with van der Waals surface area (Å²) in [5, 5.41) is 8.68. The average molecular weight is 169 g/mol. The van der Waals surface area contributed by atoms with Gasteiger partial charge < -0.3 is 10.0 Å². The monoisotopic (exact) mass is 169 g/mol. The Kier molecular flexibility index (Phi) is 2.05. The SMILES string of the molecule is O=C(O)CC1CCN2CCC1C2. The first-order chi connectivity index (χ1) is 5.75. The van der Waals surface area contributed by atoms with Crippen LogP contribution >= 0.6 is 0 Å². The third-order valence-electron chi connectivity index (χ3n) is 3.23. The second-order valence-corrected chi connectivity index (χ2v) is 4.00. The van der Waals surface area contributed by atoms with Crippen LogP contribution in [0.5, 0.6) is 0 Å². The summed E-state index contributed by atoms with van der Waals surface area (Å²) in [6, 6.07) is 0. The van der Waals surface area contributed by atoms with E-state index in [0.717, 1.165) is 19.5 Å². The number of carbonyl (C=O) groups is 1. The van der Waals surface area contributed by atoms with Crippen LogP contribution in [0.15, 0.2) is 0 Å². The van der Waals surface area contributed by atoms with Gasteiger partial charge in [0.1, 0.15) is 0 Å². The molecule has 1 N–H and O–H groups in total. The Hall–Kier alpha value is -0.570. The number of rotatable bonds is 2. The normalized spacial score (nSPS) is 39.8. The zero-order chi connectivity index (χ0) is 8.55. The predicted molar refractivity (Wildman–Crippen MR) is 44.9 cm³/mol. The number of fused-ring (bicyclic) bond motifs is 2. The Morgan fingerprint density at radius 1 is 1.42 bits per heavy atom. The van der Waals surface area contributed by atoms with E-state index in [-0.39, 0.29) is 0 Å². The van der Waals surface area contributed by atoms with Gasteiger partial charge in [-0.15, -0.1) is 0 Å². The molecule has 0 saturated carbocycles. The van der Waals surface area contributed by atoms with Gasteiger partial charge >= 0.3 is 5.97 Å². The lowest BCUT2D eigenvalue weighted by molar-refractivity contribution is -0.138. The minimum absolute atomic E-state index is 0.387. The molecule has 3 nitrogen and oxygen atoms in total. The molecule has 3 atom stereocenters. The van der Waals surface area contributed by atoms with Gasteiger partial charge in [0, 0.05) is 13.0 Å². The molecule has 2 aliphatic rings. The maximum atomic E-state index is 10.5. The Labute approximate surface area is 72.4 Å². The molecule has 2 saturated heterocycles. The molecule has 12 heavy (non-hydrogen) atoms. The van der Waals surface area contributed by atoms with Gasteiger partial charge in [-0.05, 0) is 37.8 Å². The van der Waals surface area contributed by atoms with E-state index in [1.807, 2.05) is 0 Å². The predicted octanol–water partition coefficient (Wildman–Crippen LogP) is 0.803. The molecule has 0 amide bonds. The number of carboxylic acids is 1. The first-order valence-electron chi connectivity index (χ1n) is 4.70. The Morgan fingerprint density at radius 3 is 2.92 bits per heavy atom. The molecule has 0 aliphatic carbocycles. The van der Waals surface area contributed by atoms with Crippen molar-refractivity contribution in [2.24, 2.45) is 11.8 Å². The van der Waals surface area contributed by atoms with Gasteiger partial charge in [-0.2, -0.15) is 0 Å². The molecule has 3 heteroatoms. The zero-order valence-corrected chi connectivity index (χ0v) is 7.20. The molecule has 68 valence electrons. The van der Waals surface area contributed by atoms with Crippen LogP contribution in [0.25, 0.3) is 0 Å². The van der Waals surface area contributed by atoms with Crippen molar-refractivity contribution in [2.75, 3.05) is 19.6 Å². The van der Waals surface area contributed by atoms with E-state index in [1.165, 1.54) is 13.0 Å². The number of nitrogens with zero attached hydrogens (tertiary/aromatic N) is 1. The number of piperidine rings is 1. The molecule has 3 unspecified atom stereocenters. The molecule has 0 aromatic carbocycles. The van der Waals surface area contributed by atoms with Crippen LogP contribution in [-0.4, -0.2) is 35.6 Å². The molecule has 0 spiro atoms. The molecule has 0 aromatic rings. The summed E-state index contributed by atoms with van der Waals surface area (Å²) in [5.41, 5.74) is 0. The van der Waals surface area contributed by atoms with Crippen LogP contribution < -0.4 is 0 Å². The van der Waals surface area contributed by atoms with E-state index < -0.39 is 5.97 Å². The van der Waals surface area contributed by atoms with Crippen molar-refractivity contribution in [3.8, 4) is 0 Å². The fourth-order valence-electron chi connectivity index (χ4n) is 2.53. The second-order valence-electron chi connectivity index (χ2n) is 4.00. The molecule has 0 aromatic heterocycles. The summed E-state index contributed by atoms with van der Waals surface area (Å²) < 4.78 is 0. The van der Waals surface area contributed by atoms with Gasteiger partial charge in [0.2, 0.25) is 0 Å². The van der Waals surface area contributed by atoms with Crippen molar-refractivity contribution in [2.45, 2.75) is 19.3 Å². The minimum Gasteiger partial charge on any atom is -0.481 e. The summed E-state index contributed by atoms with van der Waals surface area (Å²) >= 11 is 0. The first-order valence-corrected chi connectivity index (χ1v) is 4.70. The molecule has 2 heterocycles. The highest BCUT2D eigenvalue weighted by molar-refractivity contribution is 5.67. The van der Waals surface area contributed by atoms with E-state index in [9.17, 15) is 4.79 Å². The quantitative estimate of drug-likeness (QED) is 0.664. The van der Waals surface area contributed by atoms with E-state index in [2.05, 4.69) is 4.90 Å². The van der Waals surface area contributed by atoms with E-state index >= 15 is 0 Å². The fourth-order valence-corrected chi connectivity index (χ4v) is 2.53. The lowest BCUT2D eigenvalue weighted by Gasteiger charge is -2.29. The lowest BCUT2D eigenvalue weighted by atomic mass is 9.85. The molecule has 2 rings (SSSR count). The first kappa shape index (κ1) is 8.05. The number of carboxylic acid groups (broad SMARTS) is 1. The van der Waals surface area contributed by atoms with Crippen molar-refractivity contribution < 1.29 is 9.90 Å². The van der Waals surface area contributed by atoms with Gasteiger partial charge in [0.15, 0.2) is 0 Å². The molecule has 0 radical (unpaired) electrons. The van der Waals surface area contributed by atoms with Crippen LogP contribution in [0.3, 0.4) is 0 Å². The molecule has 2 fully saturated rings. The van der Waals surface area contributed by atoms with E-state index in [0.29, 0.717) is 18.3 Å². The summed E-state index contributed by atoms with van der Waals surface area (Å²) in [4.78, 5) is 13.0. The summed E-state index contributed by atoms with van der Waals surface area (Å²) in [7, 11) is 0. The topological polar surface area (TPSA) is 40.5 Å². The van der Waals surface area contributed by atoms with Crippen molar-refractivity contribution in [1.29, 1.82) is 0 Å². The lowest BCUT2D eigenvalue weighted by Crippen LogP contribution is -2.33. The maximum absolute atomic E-state index is 10.5. The molecular formula is C9H15NO2. The van der Waals surface area contributed by atoms with E-state index in [4.69, 9.17) is 5.11 Å². The van der Waals surface area contributed by atoms with Gasteiger partial charge in [0.25, 0.3) is 0 Å². The van der Waals surface area contributed by atoms with Gasteiger partial charge in [-0.1, -0.05) is 0 Å². The second kappa shape index (κ2) is 3.05. The smallest absolute Gasteiger partial charge is 0.303 e. The van der Waals surface area contributed by atoms with Crippen LogP contribution in [0.1, 0.15) is 19.3 Å². The van der Waals surface area contributed by atoms with Crippen molar-refractivity contribution in [3.05, 3.63) is 0 Å². The van der Waals surface area contributed by atoms with Crippen molar-refractivity contribution >= 4 is 5.97 Å². The van der Waals surface area contributed by atoms with Crippen molar-refractivity contribution in [1.82, 2.24) is 4.90 Å². The standard InChI is InChI=1S/C9H15NO2/c11-9(12)5-7-1-3-10-4-2-8(7)6-10/h7-8H,1-6H2,(H,11,12). The Morgan fingerprint density at radius 2 is 2.17 bits per heavy atom. The third-order valence-corrected chi connectivity index (χ3v) is 3.23. The van der Waals surface area contributed by atoms with Crippen molar-refractivity contribution in [3.63, 3.8) is 0 Å². The van der Waals surface area contributed by atoms with Gasteiger partial charge in [0.05, 0.1) is 0 Å². The Balaban J connectivity index is 1.93. The zero-order valence-electron chi connectivity index (χ0n) is 7.20.